The third-order valence-corrected chi connectivity index (χ3v) is 10.4. The van der Waals surface area contributed by atoms with E-state index < -0.39 is 25.6 Å². The Hall–Kier alpha value is -1.98. The van der Waals surface area contributed by atoms with E-state index in [0.29, 0.717) is 48.1 Å². The Kier molecular flexibility index (Phi) is 9.29. The van der Waals surface area contributed by atoms with Crippen LogP contribution >= 0.6 is 30.7 Å². The van der Waals surface area contributed by atoms with Crippen molar-refractivity contribution < 1.29 is 34.1 Å². The van der Waals surface area contributed by atoms with Gasteiger partial charge in [-0.25, -0.2) is 0 Å². The van der Waals surface area contributed by atoms with E-state index in [9.17, 15) is 29.4 Å². The Balaban J connectivity index is 1.33. The number of thiophene rings is 1. The summed E-state index contributed by atoms with van der Waals surface area (Å²) in [7, 11) is -2.71. The topological polar surface area (TPSA) is 140 Å². The first-order chi connectivity index (χ1) is 17.7. The van der Waals surface area contributed by atoms with E-state index >= 15 is 0 Å². The predicted octanol–water partition coefficient (Wildman–Crippen LogP) is 3.74. The highest BCUT2D eigenvalue weighted by atomic mass is 32.2. The number of aromatic nitrogens is 1. The second-order valence-corrected chi connectivity index (χ2v) is 13.0. The van der Waals surface area contributed by atoms with E-state index in [-0.39, 0.29) is 11.2 Å². The highest BCUT2D eigenvalue weighted by Gasteiger charge is 2.34. The summed E-state index contributed by atoms with van der Waals surface area (Å²) in [6, 6.07) is 8.79. The van der Waals surface area contributed by atoms with E-state index in [1.807, 2.05) is 18.2 Å². The number of methoxy groups -OCH3 is 1. The minimum atomic E-state index is -4.30. The van der Waals surface area contributed by atoms with Crippen LogP contribution < -0.4 is 10.0 Å². The number of nitrogens with zero attached hydrogens (tertiary/aromatic N) is 2. The van der Waals surface area contributed by atoms with Gasteiger partial charge in [-0.2, -0.15) is 0 Å². The van der Waals surface area contributed by atoms with Gasteiger partial charge in [0.25, 0.3) is 0 Å². The molecule has 0 unspecified atom stereocenters. The number of aliphatic hydroxyl groups excluding tert-OH is 1. The second kappa shape index (κ2) is 12.3. The van der Waals surface area contributed by atoms with Crippen molar-refractivity contribution >= 4 is 52.9 Å². The number of hydrogen-bond acceptors (Lipinski definition) is 8. The molecule has 1 saturated heterocycles. The van der Waals surface area contributed by atoms with E-state index in [4.69, 9.17) is 4.74 Å². The Morgan fingerprint density at radius 3 is 2.86 bits per heavy atom. The van der Waals surface area contributed by atoms with Crippen molar-refractivity contribution in [1.82, 2.24) is 9.88 Å². The molecule has 9 nitrogen and oxygen atoms in total. The van der Waals surface area contributed by atoms with E-state index in [2.05, 4.69) is 9.88 Å². The fourth-order valence-corrected chi connectivity index (χ4v) is 8.50. The number of carbonyl (C=O) groups is 1. The summed E-state index contributed by atoms with van der Waals surface area (Å²) in [5.41, 5.74) is 1.52. The number of carboxylic acids is 1. The number of pyridine rings is 1. The molecule has 1 aromatic carbocycles. The Bertz CT molecular complexity index is 1280. The van der Waals surface area contributed by atoms with Crippen LogP contribution in [0.25, 0.3) is 10.9 Å². The first kappa shape index (κ1) is 28.0. The number of benzene rings is 1. The molecule has 3 atom stereocenters. The zero-order valence-corrected chi connectivity index (χ0v) is 22.9. The fraction of sp³-hybridized carbons (Fsp3) is 0.440. The molecular weight excluding hydrogens is 535 g/mol. The third kappa shape index (κ3) is 6.92. The van der Waals surface area contributed by atoms with Crippen molar-refractivity contribution in [2.24, 2.45) is 11.8 Å². The highest BCUT2D eigenvalue weighted by Crippen LogP contribution is 2.40. The van der Waals surface area contributed by atoms with Gasteiger partial charge in [-0.3, -0.25) is 14.3 Å². The van der Waals surface area contributed by atoms with Gasteiger partial charge in [-0.1, -0.05) is 0 Å². The molecule has 37 heavy (non-hydrogen) atoms. The number of aliphatic carboxylic acids is 1. The molecule has 3 aromatic rings. The number of aliphatic hydroxyl groups is 1. The molecule has 4 rings (SSSR count). The Labute approximate surface area is 223 Å². The standard InChI is InChI=1S/C25H31N2O7PS2/c1-34-17-3-4-21-19(14-17)18(6-9-26-21)22(28)5-2-16-7-10-27(15-20(16)24(29)30)11-13-37-25-23(8-12-36-25)35(31,32)33/h3-4,6,8-9,12,14,16,20,22,28H,2,5,7,10-11,13,15H2,1H3,(H,29,30)(H2,31,32,33)/t16-,20+,22+/m1/s1. The van der Waals surface area contributed by atoms with Crippen molar-refractivity contribution in [3.63, 3.8) is 0 Å². The zero-order chi connectivity index (χ0) is 26.6. The lowest BCUT2D eigenvalue weighted by molar-refractivity contribution is -0.146. The zero-order valence-electron chi connectivity index (χ0n) is 20.4. The van der Waals surface area contributed by atoms with Gasteiger partial charge in [-0.15, -0.1) is 23.1 Å². The van der Waals surface area contributed by atoms with Gasteiger partial charge in [0.1, 0.15) is 5.75 Å². The van der Waals surface area contributed by atoms with E-state index in [1.54, 1.807) is 24.8 Å². The maximum Gasteiger partial charge on any atom is 0.358 e. The van der Waals surface area contributed by atoms with Gasteiger partial charge in [-0.05, 0) is 73.0 Å². The van der Waals surface area contributed by atoms with Gasteiger partial charge in [0.05, 0.1) is 34.2 Å². The molecule has 0 saturated carbocycles. The summed E-state index contributed by atoms with van der Waals surface area (Å²) < 4.78 is 17.5. The quantitative estimate of drug-likeness (QED) is 0.200. The van der Waals surface area contributed by atoms with Crippen LogP contribution in [-0.2, 0) is 9.36 Å². The van der Waals surface area contributed by atoms with Gasteiger partial charge < -0.3 is 29.6 Å². The maximum atomic E-state index is 12.1. The van der Waals surface area contributed by atoms with Crippen LogP contribution in [0.1, 0.15) is 30.9 Å². The minimum absolute atomic E-state index is 0.0442. The number of ether oxygens (including phenoxy) is 1. The monoisotopic (exact) mass is 566 g/mol. The van der Waals surface area contributed by atoms with E-state index in [0.717, 1.165) is 23.0 Å². The summed E-state index contributed by atoms with van der Waals surface area (Å²) in [4.78, 5) is 37.5. The van der Waals surface area contributed by atoms with Crippen molar-refractivity contribution in [1.29, 1.82) is 0 Å². The van der Waals surface area contributed by atoms with Crippen LogP contribution in [0, 0.1) is 11.8 Å². The van der Waals surface area contributed by atoms with Crippen LogP contribution in [0.15, 0.2) is 46.1 Å². The summed E-state index contributed by atoms with van der Waals surface area (Å²) >= 11 is 2.69. The number of likely N-dealkylation sites (tertiary alicyclic amines) is 1. The maximum absolute atomic E-state index is 12.1. The van der Waals surface area contributed by atoms with Gasteiger partial charge >= 0.3 is 13.6 Å². The van der Waals surface area contributed by atoms with Crippen molar-refractivity contribution in [2.45, 2.75) is 29.6 Å². The lowest BCUT2D eigenvalue weighted by Gasteiger charge is -2.37. The first-order valence-electron chi connectivity index (χ1n) is 12.0. The van der Waals surface area contributed by atoms with Crippen molar-refractivity contribution in [3.05, 3.63) is 47.5 Å². The summed E-state index contributed by atoms with van der Waals surface area (Å²) in [6.07, 6.45) is 2.68. The van der Waals surface area contributed by atoms with Crippen LogP contribution in [0.3, 0.4) is 0 Å². The molecule has 2 aromatic heterocycles. The van der Waals surface area contributed by atoms with Crippen molar-refractivity contribution in [2.75, 3.05) is 32.5 Å². The predicted molar refractivity (Wildman–Crippen MR) is 145 cm³/mol. The summed E-state index contributed by atoms with van der Waals surface area (Å²) in [5.74, 6) is -0.118. The van der Waals surface area contributed by atoms with Gasteiger partial charge in [0.15, 0.2) is 0 Å². The number of hydrogen-bond donors (Lipinski definition) is 4. The van der Waals surface area contributed by atoms with Crippen LogP contribution in [0.4, 0.5) is 0 Å². The lowest BCUT2D eigenvalue weighted by atomic mass is 9.81. The number of carboxylic acid groups (broad SMARTS) is 1. The average Bonchev–Trinajstić information content (AvgIpc) is 3.36. The van der Waals surface area contributed by atoms with Crippen LogP contribution in [-0.4, -0.2) is 68.3 Å². The summed E-state index contributed by atoms with van der Waals surface area (Å²) in [5, 5.41) is 23.5. The molecule has 0 bridgehead atoms. The Morgan fingerprint density at radius 1 is 1.32 bits per heavy atom. The molecular formula is C25H31N2O7PS2. The highest BCUT2D eigenvalue weighted by molar-refractivity contribution is 8.01. The molecule has 1 aliphatic heterocycles. The number of piperidine rings is 1. The van der Waals surface area contributed by atoms with Crippen molar-refractivity contribution in [3.8, 4) is 5.75 Å². The minimum Gasteiger partial charge on any atom is -0.497 e. The molecule has 3 heterocycles. The summed E-state index contributed by atoms with van der Waals surface area (Å²) in [6.45, 7) is 1.80. The fourth-order valence-electron chi connectivity index (χ4n) is 4.87. The molecule has 4 N–H and O–H groups in total. The molecule has 200 valence electrons. The lowest BCUT2D eigenvalue weighted by Crippen LogP contribution is -2.44. The third-order valence-electron chi connectivity index (χ3n) is 6.87. The van der Waals surface area contributed by atoms with Gasteiger partial charge in [0.2, 0.25) is 0 Å². The van der Waals surface area contributed by atoms with E-state index in [1.165, 1.54) is 29.2 Å². The molecule has 12 heteroatoms. The molecule has 0 radical (unpaired) electrons. The van der Waals surface area contributed by atoms with Gasteiger partial charge in [0, 0.05) is 30.4 Å². The molecule has 0 amide bonds. The first-order valence-corrected chi connectivity index (χ1v) is 15.5. The smallest absolute Gasteiger partial charge is 0.358 e. The molecule has 0 spiro atoms. The SMILES string of the molecule is COc1ccc2nccc([C@@H](O)CC[C@@H]3CCN(CCSc4sccc4P(=O)(O)O)C[C@@H]3C(=O)O)c2c1. The van der Waals surface area contributed by atoms with Crippen LogP contribution in [0.5, 0.6) is 5.75 Å². The number of thioether (sulfide) groups is 1. The largest absolute Gasteiger partial charge is 0.497 e. The number of rotatable bonds is 11. The Morgan fingerprint density at radius 2 is 2.14 bits per heavy atom. The molecule has 1 aliphatic rings. The number of fused-ring (bicyclic) bond motifs is 1. The second-order valence-electron chi connectivity index (χ2n) is 9.16. The van der Waals surface area contributed by atoms with Crippen LogP contribution in [0.2, 0.25) is 0 Å². The molecule has 0 aliphatic carbocycles. The normalized spacial score (nSPS) is 19.7. The molecule has 1 fully saturated rings. The average molecular weight is 567 g/mol.